The molecule has 0 aromatic carbocycles. The monoisotopic (exact) mass is 225 g/mol. The Hall–Kier alpha value is -0.900. The first-order valence-electron chi connectivity index (χ1n) is 5.95. The summed E-state index contributed by atoms with van der Waals surface area (Å²) < 4.78 is 5.06. The van der Waals surface area contributed by atoms with Crippen molar-refractivity contribution < 1.29 is 14.3 Å². The molecule has 0 aromatic heterocycles. The van der Waals surface area contributed by atoms with E-state index >= 15 is 0 Å². The van der Waals surface area contributed by atoms with E-state index in [-0.39, 0.29) is 23.3 Å². The van der Waals surface area contributed by atoms with Crippen LogP contribution in [-0.2, 0) is 14.3 Å². The molecule has 0 unspecified atom stereocenters. The SMILES string of the molecule is COC[C@@H]1CC2(CCC(C=O)CC2)NC1=O. The summed E-state index contributed by atoms with van der Waals surface area (Å²) in [6.45, 7) is 0.505. The molecule has 90 valence electrons. The van der Waals surface area contributed by atoms with Crippen LogP contribution in [0.1, 0.15) is 32.1 Å². The van der Waals surface area contributed by atoms with Gasteiger partial charge in [0.15, 0.2) is 0 Å². The average Bonchev–Trinajstić information content (AvgIpc) is 2.57. The van der Waals surface area contributed by atoms with Crippen molar-refractivity contribution in [3.05, 3.63) is 0 Å². The minimum absolute atomic E-state index is 0.00205. The third-order valence-corrected chi connectivity index (χ3v) is 3.94. The number of carbonyl (C=O) groups is 2. The smallest absolute Gasteiger partial charge is 0.225 e. The van der Waals surface area contributed by atoms with Gasteiger partial charge < -0.3 is 14.8 Å². The Labute approximate surface area is 95.7 Å². The number of amides is 1. The maximum Gasteiger partial charge on any atom is 0.225 e. The number of rotatable bonds is 3. The van der Waals surface area contributed by atoms with E-state index in [2.05, 4.69) is 5.32 Å². The van der Waals surface area contributed by atoms with Gasteiger partial charge in [-0.05, 0) is 32.1 Å². The molecule has 1 saturated heterocycles. The van der Waals surface area contributed by atoms with Crippen molar-refractivity contribution in [3.8, 4) is 0 Å². The molecule has 1 N–H and O–H groups in total. The zero-order chi connectivity index (χ0) is 11.6. The summed E-state index contributed by atoms with van der Waals surface area (Å²) in [4.78, 5) is 22.4. The molecule has 1 aliphatic heterocycles. The van der Waals surface area contributed by atoms with E-state index in [0.29, 0.717) is 6.61 Å². The first-order valence-corrected chi connectivity index (χ1v) is 5.95. The summed E-state index contributed by atoms with van der Waals surface area (Å²) in [7, 11) is 1.63. The number of hydrogen-bond donors (Lipinski definition) is 1. The van der Waals surface area contributed by atoms with Crippen LogP contribution >= 0.6 is 0 Å². The van der Waals surface area contributed by atoms with E-state index in [1.807, 2.05) is 0 Å². The molecule has 0 bridgehead atoms. The van der Waals surface area contributed by atoms with Crippen molar-refractivity contribution in [2.45, 2.75) is 37.6 Å². The highest BCUT2D eigenvalue weighted by atomic mass is 16.5. The Balaban J connectivity index is 1.96. The van der Waals surface area contributed by atoms with Crippen molar-refractivity contribution in [2.75, 3.05) is 13.7 Å². The Morgan fingerprint density at radius 3 is 2.75 bits per heavy atom. The second kappa shape index (κ2) is 4.53. The van der Waals surface area contributed by atoms with Crippen LogP contribution in [0.2, 0.25) is 0 Å². The number of aldehydes is 1. The number of ether oxygens (including phenoxy) is 1. The summed E-state index contributed by atoms with van der Waals surface area (Å²) in [5, 5.41) is 3.11. The second-order valence-electron chi connectivity index (χ2n) is 5.10. The Bertz CT molecular complexity index is 282. The lowest BCUT2D eigenvalue weighted by Crippen LogP contribution is -2.44. The maximum absolute atomic E-state index is 11.7. The summed E-state index contributed by atoms with van der Waals surface area (Å²) in [6.07, 6.45) is 5.60. The van der Waals surface area contributed by atoms with E-state index in [4.69, 9.17) is 4.74 Å². The molecule has 0 aromatic rings. The first-order chi connectivity index (χ1) is 7.69. The molecule has 1 heterocycles. The molecular formula is C12H19NO3. The van der Waals surface area contributed by atoms with Gasteiger partial charge >= 0.3 is 0 Å². The zero-order valence-corrected chi connectivity index (χ0v) is 9.70. The molecule has 1 aliphatic carbocycles. The highest BCUT2D eigenvalue weighted by molar-refractivity contribution is 5.82. The van der Waals surface area contributed by atoms with Crippen molar-refractivity contribution in [3.63, 3.8) is 0 Å². The van der Waals surface area contributed by atoms with Crippen LogP contribution < -0.4 is 5.32 Å². The van der Waals surface area contributed by atoms with Crippen LogP contribution in [0.5, 0.6) is 0 Å². The van der Waals surface area contributed by atoms with Crippen LogP contribution in [-0.4, -0.2) is 31.4 Å². The van der Waals surface area contributed by atoms with Gasteiger partial charge in [0.1, 0.15) is 6.29 Å². The third-order valence-electron chi connectivity index (χ3n) is 3.94. The van der Waals surface area contributed by atoms with Crippen LogP contribution in [0.25, 0.3) is 0 Å². The highest BCUT2D eigenvalue weighted by Crippen LogP contribution is 2.39. The fourth-order valence-electron chi connectivity index (χ4n) is 2.97. The van der Waals surface area contributed by atoms with Crippen molar-refractivity contribution in [1.82, 2.24) is 5.32 Å². The quantitative estimate of drug-likeness (QED) is 0.726. The van der Waals surface area contributed by atoms with Crippen LogP contribution in [0.4, 0.5) is 0 Å². The molecule has 1 spiro atoms. The molecule has 16 heavy (non-hydrogen) atoms. The third kappa shape index (κ3) is 2.12. The second-order valence-corrected chi connectivity index (χ2v) is 5.10. The van der Waals surface area contributed by atoms with E-state index in [1.54, 1.807) is 7.11 Å². The molecule has 2 rings (SSSR count). The fraction of sp³-hybridized carbons (Fsp3) is 0.833. The number of nitrogens with one attached hydrogen (secondary N) is 1. The van der Waals surface area contributed by atoms with E-state index in [1.165, 1.54) is 0 Å². The Morgan fingerprint density at radius 2 is 2.19 bits per heavy atom. The molecule has 4 nitrogen and oxygen atoms in total. The van der Waals surface area contributed by atoms with Crippen molar-refractivity contribution >= 4 is 12.2 Å². The topological polar surface area (TPSA) is 55.4 Å². The van der Waals surface area contributed by atoms with Gasteiger partial charge in [-0.3, -0.25) is 4.79 Å². The number of carbonyl (C=O) groups excluding carboxylic acids is 2. The average molecular weight is 225 g/mol. The molecular weight excluding hydrogens is 206 g/mol. The van der Waals surface area contributed by atoms with Gasteiger partial charge in [-0.15, -0.1) is 0 Å². The van der Waals surface area contributed by atoms with Crippen LogP contribution in [0.15, 0.2) is 0 Å². The molecule has 0 radical (unpaired) electrons. The molecule has 1 atom stereocenters. The van der Waals surface area contributed by atoms with E-state index < -0.39 is 0 Å². The standard InChI is InChI=1S/C12H19NO3/c1-16-8-10-6-12(13-11(10)15)4-2-9(7-14)3-5-12/h7,9-10H,2-6,8H2,1H3,(H,13,15)/t9?,10-,12?/m0/s1. The Kier molecular flexibility index (Phi) is 3.28. The summed E-state index contributed by atoms with van der Waals surface area (Å²) in [5.41, 5.74) is -0.0419. The van der Waals surface area contributed by atoms with Crippen molar-refractivity contribution in [2.24, 2.45) is 11.8 Å². The lowest BCUT2D eigenvalue weighted by Gasteiger charge is -2.35. The largest absolute Gasteiger partial charge is 0.384 e. The lowest BCUT2D eigenvalue weighted by atomic mass is 9.75. The predicted octanol–water partition coefficient (Wildman–Crippen LogP) is 0.897. The van der Waals surface area contributed by atoms with Gasteiger partial charge in [0, 0.05) is 18.6 Å². The molecule has 2 fully saturated rings. The normalized spacial score (nSPS) is 38.7. The van der Waals surface area contributed by atoms with E-state index in [9.17, 15) is 9.59 Å². The molecule has 1 amide bonds. The lowest BCUT2D eigenvalue weighted by molar-refractivity contribution is -0.124. The van der Waals surface area contributed by atoms with Gasteiger partial charge in [0.05, 0.1) is 12.5 Å². The summed E-state index contributed by atoms with van der Waals surface area (Å²) >= 11 is 0. The summed E-state index contributed by atoms with van der Waals surface area (Å²) in [5.74, 6) is 0.313. The molecule has 2 aliphatic rings. The maximum atomic E-state index is 11.7. The Morgan fingerprint density at radius 1 is 1.50 bits per heavy atom. The predicted molar refractivity (Wildman–Crippen MR) is 58.9 cm³/mol. The summed E-state index contributed by atoms with van der Waals surface area (Å²) in [6, 6.07) is 0. The van der Waals surface area contributed by atoms with Gasteiger partial charge in [-0.2, -0.15) is 0 Å². The number of methoxy groups -OCH3 is 1. The van der Waals surface area contributed by atoms with Crippen LogP contribution in [0, 0.1) is 11.8 Å². The molecule has 1 saturated carbocycles. The molecule has 4 heteroatoms. The number of hydrogen-bond acceptors (Lipinski definition) is 3. The van der Waals surface area contributed by atoms with Gasteiger partial charge in [-0.25, -0.2) is 0 Å². The van der Waals surface area contributed by atoms with Gasteiger partial charge in [-0.1, -0.05) is 0 Å². The first kappa shape index (κ1) is 11.6. The minimum atomic E-state index is -0.0419. The van der Waals surface area contributed by atoms with Crippen LogP contribution in [0.3, 0.4) is 0 Å². The van der Waals surface area contributed by atoms with Gasteiger partial charge in [0.25, 0.3) is 0 Å². The van der Waals surface area contributed by atoms with Crippen molar-refractivity contribution in [1.29, 1.82) is 0 Å². The minimum Gasteiger partial charge on any atom is -0.384 e. The highest BCUT2D eigenvalue weighted by Gasteiger charge is 2.45. The fourth-order valence-corrected chi connectivity index (χ4v) is 2.97. The zero-order valence-electron chi connectivity index (χ0n) is 9.70. The van der Waals surface area contributed by atoms with E-state index in [0.717, 1.165) is 38.4 Å². The van der Waals surface area contributed by atoms with Gasteiger partial charge in [0.2, 0.25) is 5.91 Å².